The van der Waals surface area contributed by atoms with Crippen molar-refractivity contribution in [3.05, 3.63) is 215 Å². The number of nitrogens with zero attached hydrogens (tertiary/aromatic N) is 1. The molecule has 220 valence electrons. The summed E-state index contributed by atoms with van der Waals surface area (Å²) in [5, 5.41) is 7.32. The third-order valence-electron chi connectivity index (χ3n) is 5.70. The van der Waals surface area contributed by atoms with Gasteiger partial charge in [0, 0.05) is 61.4 Å². The van der Waals surface area contributed by atoms with E-state index < -0.39 is 0 Å². The molecular weight excluding hydrogens is 726 g/mol. The minimum atomic E-state index is 0. The van der Waals surface area contributed by atoms with Crippen LogP contribution in [0.2, 0.25) is 0 Å². The van der Waals surface area contributed by atoms with E-state index in [2.05, 4.69) is 35.5 Å². The number of hydrogen-bond donors (Lipinski definition) is 0. The largest absolute Gasteiger partial charge is 0.199 e. The first-order valence-electron chi connectivity index (χ1n) is 14.4. The predicted octanol–water partition coefficient (Wildman–Crippen LogP) is 9.79. The zero-order valence-corrected chi connectivity index (χ0v) is 28.6. The summed E-state index contributed by atoms with van der Waals surface area (Å²) in [5.74, 6) is 18.7. The topological polar surface area (TPSA) is 23.8 Å². The number of hydrogen-bond acceptors (Lipinski definition) is 1. The second-order valence-corrected chi connectivity index (χ2v) is 9.17. The Morgan fingerprint density at radius 2 is 0.391 bits per heavy atom. The molecule has 0 unspecified atom stereocenters. The second-order valence-electron chi connectivity index (χ2n) is 9.17. The zero-order valence-electron chi connectivity index (χ0n) is 25.7. The average Bonchev–Trinajstić information content (AvgIpc) is 3.13. The molecular formula is C44H33NW. The molecule has 0 atom stereocenters. The van der Waals surface area contributed by atoms with Crippen molar-refractivity contribution in [1.82, 2.24) is 0 Å². The first-order valence-corrected chi connectivity index (χ1v) is 14.4. The van der Waals surface area contributed by atoms with Crippen molar-refractivity contribution in [3.8, 4) is 41.6 Å². The van der Waals surface area contributed by atoms with Crippen LogP contribution in [-0.4, -0.2) is 0 Å². The summed E-state index contributed by atoms with van der Waals surface area (Å²) in [6.07, 6.45) is 0. The quantitative estimate of drug-likeness (QED) is 0.142. The van der Waals surface area contributed by atoms with E-state index in [4.69, 9.17) is 5.26 Å². The predicted molar refractivity (Wildman–Crippen MR) is 188 cm³/mol. The van der Waals surface area contributed by atoms with Gasteiger partial charge in [0.15, 0.2) is 0 Å². The van der Waals surface area contributed by atoms with E-state index in [1.54, 1.807) is 6.07 Å². The summed E-state index contributed by atoms with van der Waals surface area (Å²) in [6.45, 7) is 1.43. The van der Waals surface area contributed by atoms with Crippen LogP contribution in [0.15, 0.2) is 182 Å². The SMILES string of the molecule is C(#Cc1ccccc1)c1ccccc1.C(#Cc1ccccc1)c1ccccc1.C(#Cc1ccccc1)c1ccccc1.CC#N.[W]. The minimum absolute atomic E-state index is 0. The van der Waals surface area contributed by atoms with Crippen LogP contribution in [0.3, 0.4) is 0 Å². The van der Waals surface area contributed by atoms with Crippen LogP contribution in [-0.2, 0) is 21.1 Å². The Kier molecular flexibility index (Phi) is 18.7. The Morgan fingerprint density at radius 1 is 0.283 bits per heavy atom. The fourth-order valence-electron chi connectivity index (χ4n) is 3.56. The van der Waals surface area contributed by atoms with Crippen LogP contribution in [0, 0.1) is 46.9 Å². The van der Waals surface area contributed by atoms with Crippen molar-refractivity contribution < 1.29 is 21.1 Å². The third kappa shape index (κ3) is 16.1. The van der Waals surface area contributed by atoms with Crippen LogP contribution < -0.4 is 0 Å². The van der Waals surface area contributed by atoms with Gasteiger partial charge in [0.05, 0.1) is 6.07 Å². The summed E-state index contributed by atoms with van der Waals surface area (Å²) < 4.78 is 0. The summed E-state index contributed by atoms with van der Waals surface area (Å²) in [4.78, 5) is 0. The van der Waals surface area contributed by atoms with E-state index in [1.165, 1.54) is 6.92 Å². The summed E-state index contributed by atoms with van der Waals surface area (Å²) in [7, 11) is 0. The van der Waals surface area contributed by atoms with E-state index in [1.807, 2.05) is 182 Å². The number of benzene rings is 6. The van der Waals surface area contributed by atoms with Gasteiger partial charge in [-0.2, -0.15) is 5.26 Å². The molecule has 0 bridgehead atoms. The first kappa shape index (κ1) is 36.4. The van der Waals surface area contributed by atoms with E-state index in [-0.39, 0.29) is 21.1 Å². The maximum Gasteiger partial charge on any atom is 0.0587 e. The molecule has 0 amide bonds. The van der Waals surface area contributed by atoms with E-state index in [9.17, 15) is 0 Å². The number of rotatable bonds is 0. The van der Waals surface area contributed by atoms with Gasteiger partial charge in [-0.1, -0.05) is 145 Å². The van der Waals surface area contributed by atoms with E-state index in [0.717, 1.165) is 33.4 Å². The van der Waals surface area contributed by atoms with Gasteiger partial charge in [0.1, 0.15) is 0 Å². The van der Waals surface area contributed by atoms with Crippen molar-refractivity contribution in [2.75, 3.05) is 0 Å². The van der Waals surface area contributed by atoms with Crippen LogP contribution in [0.5, 0.6) is 0 Å². The fraction of sp³-hybridized carbons (Fsp3) is 0.0227. The van der Waals surface area contributed by atoms with Gasteiger partial charge in [-0.3, -0.25) is 0 Å². The summed E-state index contributed by atoms with van der Waals surface area (Å²) in [6, 6.07) is 61.8. The summed E-state index contributed by atoms with van der Waals surface area (Å²) >= 11 is 0. The Labute approximate surface area is 288 Å². The molecule has 0 heterocycles. The Balaban J connectivity index is 0.000000228. The van der Waals surface area contributed by atoms with E-state index in [0.29, 0.717) is 0 Å². The minimum Gasteiger partial charge on any atom is -0.199 e. The molecule has 0 aliphatic carbocycles. The molecule has 0 saturated heterocycles. The Bertz CT molecular complexity index is 1530. The standard InChI is InChI=1S/3C14H10.C2H3N.W/c3*1-3-7-13(8-4-1)11-12-14-9-5-2-6-10-14;1-2-3;/h3*1-10H;1H3;. The fourth-order valence-corrected chi connectivity index (χ4v) is 3.56. The maximum absolute atomic E-state index is 7.32. The zero-order chi connectivity index (χ0) is 31.6. The summed E-state index contributed by atoms with van der Waals surface area (Å²) in [5.41, 5.74) is 6.31. The van der Waals surface area contributed by atoms with Crippen molar-refractivity contribution in [2.24, 2.45) is 0 Å². The number of nitriles is 1. The second kappa shape index (κ2) is 23.6. The molecule has 1 nitrogen and oxygen atoms in total. The molecule has 0 N–H and O–H groups in total. The molecule has 0 aliphatic heterocycles. The molecule has 0 aromatic heterocycles. The van der Waals surface area contributed by atoms with Gasteiger partial charge in [0.25, 0.3) is 0 Å². The average molecular weight is 760 g/mol. The molecule has 0 radical (unpaired) electrons. The Morgan fingerprint density at radius 3 is 0.500 bits per heavy atom. The van der Waals surface area contributed by atoms with Gasteiger partial charge < -0.3 is 0 Å². The van der Waals surface area contributed by atoms with E-state index >= 15 is 0 Å². The molecule has 6 rings (SSSR count). The Hall–Kier alpha value is -5.82. The van der Waals surface area contributed by atoms with Gasteiger partial charge in [0.2, 0.25) is 0 Å². The molecule has 0 fully saturated rings. The molecule has 6 aromatic carbocycles. The van der Waals surface area contributed by atoms with Crippen LogP contribution in [0.25, 0.3) is 0 Å². The monoisotopic (exact) mass is 759 g/mol. The normalized spacial score (nSPS) is 8.26. The molecule has 0 aliphatic rings. The van der Waals surface area contributed by atoms with Gasteiger partial charge in [-0.05, 0) is 72.8 Å². The smallest absolute Gasteiger partial charge is 0.0587 e. The molecule has 46 heavy (non-hydrogen) atoms. The van der Waals surface area contributed by atoms with Crippen molar-refractivity contribution in [2.45, 2.75) is 6.92 Å². The maximum atomic E-state index is 7.32. The van der Waals surface area contributed by atoms with Gasteiger partial charge in [-0.25, -0.2) is 0 Å². The van der Waals surface area contributed by atoms with Gasteiger partial charge >= 0.3 is 0 Å². The molecule has 2 heteroatoms. The van der Waals surface area contributed by atoms with Crippen molar-refractivity contribution in [3.63, 3.8) is 0 Å². The third-order valence-corrected chi connectivity index (χ3v) is 5.70. The van der Waals surface area contributed by atoms with Gasteiger partial charge in [-0.15, -0.1) is 0 Å². The molecule has 6 aromatic rings. The molecule has 0 spiro atoms. The van der Waals surface area contributed by atoms with Crippen molar-refractivity contribution >= 4 is 0 Å². The molecule has 0 saturated carbocycles. The first-order chi connectivity index (χ1) is 22.3. The van der Waals surface area contributed by atoms with Crippen LogP contribution in [0.1, 0.15) is 40.3 Å². The van der Waals surface area contributed by atoms with Crippen LogP contribution in [0.4, 0.5) is 0 Å². The van der Waals surface area contributed by atoms with Crippen LogP contribution >= 0.6 is 0 Å². The van der Waals surface area contributed by atoms with Crippen molar-refractivity contribution in [1.29, 1.82) is 5.26 Å².